The summed E-state index contributed by atoms with van der Waals surface area (Å²) in [4.78, 5) is 14.9. The van der Waals surface area contributed by atoms with Gasteiger partial charge in [-0.1, -0.05) is 48.9 Å². The second kappa shape index (κ2) is 9.05. The first kappa shape index (κ1) is 19.4. The third-order valence-corrected chi connectivity index (χ3v) is 5.10. The Bertz CT molecular complexity index is 755. The first-order chi connectivity index (χ1) is 13.1. The van der Waals surface area contributed by atoms with Crippen molar-refractivity contribution < 1.29 is 9.53 Å². The summed E-state index contributed by atoms with van der Waals surface area (Å²) < 4.78 is 5.47. The van der Waals surface area contributed by atoms with Crippen LogP contribution in [0.1, 0.15) is 38.7 Å². The molecule has 0 saturated carbocycles. The van der Waals surface area contributed by atoms with Gasteiger partial charge in [-0.25, -0.2) is 0 Å². The van der Waals surface area contributed by atoms with Gasteiger partial charge in [-0.2, -0.15) is 0 Å². The van der Waals surface area contributed by atoms with Gasteiger partial charge in [-0.15, -0.1) is 0 Å². The molecule has 1 amide bonds. The summed E-state index contributed by atoms with van der Waals surface area (Å²) in [5.41, 5.74) is 3.47. The van der Waals surface area contributed by atoms with Crippen LogP contribution in [0.5, 0.6) is 5.75 Å². The highest BCUT2D eigenvalue weighted by atomic mass is 16.5. The molecule has 1 N–H and O–H groups in total. The minimum absolute atomic E-state index is 0.0185. The maximum atomic E-state index is 12.6. The molecule has 1 aliphatic rings. The standard InChI is InChI=1S/C23H30N2O2/c1-17(2)24-23(26)21-9-6-7-15-25(21)16-18-11-13-19(14-12-18)20-8-4-5-10-22(20)27-3/h4-5,8,10-14,17,21H,6-7,9,15-16H2,1-3H3,(H,24,26). The van der Waals surface area contributed by atoms with E-state index in [1.54, 1.807) is 7.11 Å². The Morgan fingerprint density at radius 2 is 1.89 bits per heavy atom. The van der Waals surface area contributed by atoms with Gasteiger partial charge in [0.1, 0.15) is 5.75 Å². The molecule has 4 heteroatoms. The second-order valence-corrected chi connectivity index (χ2v) is 7.54. The second-order valence-electron chi connectivity index (χ2n) is 7.54. The lowest BCUT2D eigenvalue weighted by Crippen LogP contribution is -2.50. The highest BCUT2D eigenvalue weighted by molar-refractivity contribution is 5.82. The highest BCUT2D eigenvalue weighted by Crippen LogP contribution is 2.30. The summed E-state index contributed by atoms with van der Waals surface area (Å²) in [6.45, 7) is 5.82. The number of nitrogens with zero attached hydrogens (tertiary/aromatic N) is 1. The van der Waals surface area contributed by atoms with Crippen LogP contribution in [0, 0.1) is 0 Å². The molecule has 0 aromatic heterocycles. The van der Waals surface area contributed by atoms with Crippen LogP contribution in [0.25, 0.3) is 11.1 Å². The fourth-order valence-corrected chi connectivity index (χ4v) is 3.77. The predicted molar refractivity (Wildman–Crippen MR) is 110 cm³/mol. The molecule has 0 aliphatic carbocycles. The Kier molecular flexibility index (Phi) is 6.51. The van der Waals surface area contributed by atoms with Crippen molar-refractivity contribution in [1.29, 1.82) is 0 Å². The van der Waals surface area contributed by atoms with Crippen LogP contribution in [0.4, 0.5) is 0 Å². The number of rotatable bonds is 6. The van der Waals surface area contributed by atoms with E-state index in [0.29, 0.717) is 0 Å². The molecule has 1 aliphatic heterocycles. The van der Waals surface area contributed by atoms with Crippen LogP contribution in [0.3, 0.4) is 0 Å². The predicted octanol–water partition coefficient (Wildman–Crippen LogP) is 4.24. The van der Waals surface area contributed by atoms with E-state index in [9.17, 15) is 4.79 Å². The van der Waals surface area contributed by atoms with Gasteiger partial charge in [0.25, 0.3) is 0 Å². The third kappa shape index (κ3) is 4.89. The number of piperidine rings is 1. The molecule has 0 bridgehead atoms. The minimum atomic E-state index is -0.0185. The van der Waals surface area contributed by atoms with Crippen LogP contribution in [-0.4, -0.2) is 36.5 Å². The fraction of sp³-hybridized carbons (Fsp3) is 0.435. The smallest absolute Gasteiger partial charge is 0.237 e. The highest BCUT2D eigenvalue weighted by Gasteiger charge is 2.28. The van der Waals surface area contributed by atoms with E-state index >= 15 is 0 Å². The molecule has 0 radical (unpaired) electrons. The van der Waals surface area contributed by atoms with Crippen molar-refractivity contribution in [2.24, 2.45) is 0 Å². The number of hydrogen-bond donors (Lipinski definition) is 1. The summed E-state index contributed by atoms with van der Waals surface area (Å²) in [5, 5.41) is 3.08. The van der Waals surface area contributed by atoms with Gasteiger partial charge in [0, 0.05) is 18.2 Å². The van der Waals surface area contributed by atoms with E-state index in [2.05, 4.69) is 40.5 Å². The van der Waals surface area contributed by atoms with Crippen molar-refractivity contribution >= 4 is 5.91 Å². The summed E-state index contributed by atoms with van der Waals surface area (Å²) in [6.07, 6.45) is 3.22. The third-order valence-electron chi connectivity index (χ3n) is 5.10. The van der Waals surface area contributed by atoms with E-state index in [4.69, 9.17) is 4.74 Å². The molecule has 1 heterocycles. The molecule has 4 nitrogen and oxygen atoms in total. The number of para-hydroxylation sites is 1. The SMILES string of the molecule is COc1ccccc1-c1ccc(CN2CCCCC2C(=O)NC(C)C)cc1. The first-order valence-corrected chi connectivity index (χ1v) is 9.85. The van der Waals surface area contributed by atoms with Crippen molar-refractivity contribution in [3.63, 3.8) is 0 Å². The molecule has 1 saturated heterocycles. The average Bonchev–Trinajstić information content (AvgIpc) is 2.68. The topological polar surface area (TPSA) is 41.6 Å². The number of benzene rings is 2. The van der Waals surface area contributed by atoms with Crippen molar-refractivity contribution in [3.05, 3.63) is 54.1 Å². The molecular formula is C23H30N2O2. The number of ether oxygens (including phenoxy) is 1. The van der Waals surface area contributed by atoms with Crippen LogP contribution < -0.4 is 10.1 Å². The van der Waals surface area contributed by atoms with Gasteiger partial charge in [0.05, 0.1) is 13.2 Å². The van der Waals surface area contributed by atoms with Crippen molar-refractivity contribution in [2.45, 2.75) is 51.7 Å². The van der Waals surface area contributed by atoms with Crippen LogP contribution in [0.15, 0.2) is 48.5 Å². The normalized spacial score (nSPS) is 17.7. The number of methoxy groups -OCH3 is 1. The Morgan fingerprint density at radius 3 is 2.59 bits per heavy atom. The van der Waals surface area contributed by atoms with Crippen molar-refractivity contribution in [1.82, 2.24) is 10.2 Å². The fourth-order valence-electron chi connectivity index (χ4n) is 3.77. The minimum Gasteiger partial charge on any atom is -0.496 e. The molecule has 1 fully saturated rings. The molecule has 1 atom stereocenters. The number of likely N-dealkylation sites (tertiary alicyclic amines) is 1. The molecule has 2 aromatic carbocycles. The van der Waals surface area contributed by atoms with Gasteiger partial charge in [-0.05, 0) is 50.4 Å². The number of carbonyl (C=O) groups is 1. The molecule has 144 valence electrons. The largest absolute Gasteiger partial charge is 0.496 e. The van der Waals surface area contributed by atoms with E-state index in [0.717, 1.165) is 49.2 Å². The lowest BCUT2D eigenvalue weighted by Gasteiger charge is -2.35. The molecule has 2 aromatic rings. The monoisotopic (exact) mass is 366 g/mol. The number of nitrogens with one attached hydrogen (secondary N) is 1. The van der Waals surface area contributed by atoms with E-state index < -0.39 is 0 Å². The number of hydrogen-bond acceptors (Lipinski definition) is 3. The van der Waals surface area contributed by atoms with Gasteiger partial charge in [-0.3, -0.25) is 9.69 Å². The van der Waals surface area contributed by atoms with Crippen LogP contribution in [-0.2, 0) is 11.3 Å². The Labute approximate surface area is 162 Å². The molecule has 1 unspecified atom stereocenters. The number of carbonyl (C=O) groups excluding carboxylic acids is 1. The van der Waals surface area contributed by atoms with Gasteiger partial charge >= 0.3 is 0 Å². The zero-order chi connectivity index (χ0) is 19.2. The quantitative estimate of drug-likeness (QED) is 0.831. The zero-order valence-corrected chi connectivity index (χ0v) is 16.6. The van der Waals surface area contributed by atoms with Crippen LogP contribution >= 0.6 is 0 Å². The maximum Gasteiger partial charge on any atom is 0.237 e. The molecule has 3 rings (SSSR count). The van der Waals surface area contributed by atoms with Crippen LogP contribution in [0.2, 0.25) is 0 Å². The molecule has 27 heavy (non-hydrogen) atoms. The lowest BCUT2D eigenvalue weighted by atomic mass is 9.99. The Hall–Kier alpha value is -2.33. The number of amides is 1. The Morgan fingerprint density at radius 1 is 1.15 bits per heavy atom. The maximum absolute atomic E-state index is 12.6. The van der Waals surface area contributed by atoms with E-state index in [1.165, 1.54) is 5.56 Å². The van der Waals surface area contributed by atoms with Gasteiger partial charge in [0.2, 0.25) is 5.91 Å². The summed E-state index contributed by atoms with van der Waals surface area (Å²) in [5.74, 6) is 1.04. The summed E-state index contributed by atoms with van der Waals surface area (Å²) in [6, 6.07) is 16.8. The first-order valence-electron chi connectivity index (χ1n) is 9.85. The van der Waals surface area contributed by atoms with Gasteiger partial charge < -0.3 is 10.1 Å². The van der Waals surface area contributed by atoms with Crippen molar-refractivity contribution in [2.75, 3.05) is 13.7 Å². The van der Waals surface area contributed by atoms with Gasteiger partial charge in [0.15, 0.2) is 0 Å². The van der Waals surface area contributed by atoms with E-state index in [-0.39, 0.29) is 18.0 Å². The Balaban J connectivity index is 1.72. The summed E-state index contributed by atoms with van der Waals surface area (Å²) >= 11 is 0. The average molecular weight is 367 g/mol. The van der Waals surface area contributed by atoms with Crippen molar-refractivity contribution in [3.8, 4) is 16.9 Å². The lowest BCUT2D eigenvalue weighted by molar-refractivity contribution is -0.128. The summed E-state index contributed by atoms with van der Waals surface area (Å²) in [7, 11) is 1.70. The van der Waals surface area contributed by atoms with E-state index in [1.807, 2.05) is 32.0 Å². The molecular weight excluding hydrogens is 336 g/mol. The zero-order valence-electron chi connectivity index (χ0n) is 16.6. The molecule has 0 spiro atoms.